The number of carbonyl (C=O) groups excluding carboxylic acids is 4. The van der Waals surface area contributed by atoms with Crippen LogP contribution in [0.25, 0.3) is 91.1 Å². The fourth-order valence-electron chi connectivity index (χ4n) is 21.2. The van der Waals surface area contributed by atoms with Crippen molar-refractivity contribution in [2.45, 2.75) is 326 Å². The second kappa shape index (κ2) is 47.2. The number of aryl methyl sites for hydroxylation is 2. The minimum atomic E-state index is -3.42. The number of hydrogen-bond donors (Lipinski definition) is 0. The Morgan fingerprint density at radius 3 is 0.710 bits per heavy atom. The molecule has 19 heteroatoms. The summed E-state index contributed by atoms with van der Waals surface area (Å²) in [6.07, 6.45) is 38.8. The van der Waals surface area contributed by atoms with Gasteiger partial charge in [0.05, 0.1) is 0 Å². The van der Waals surface area contributed by atoms with Gasteiger partial charge < -0.3 is 0 Å². The van der Waals surface area contributed by atoms with Gasteiger partial charge in [0, 0.05) is 48.8 Å². The van der Waals surface area contributed by atoms with Crippen molar-refractivity contribution in [3.8, 4) is 68.3 Å². The van der Waals surface area contributed by atoms with E-state index in [1.165, 1.54) is 191 Å². The molecule has 0 fully saturated rings. The Labute approximate surface area is 829 Å². The van der Waals surface area contributed by atoms with Crippen LogP contribution >= 0.6 is 113 Å². The minimum Gasteiger partial charge on any atom is -0.139 e. The van der Waals surface area contributed by atoms with Crippen LogP contribution in [0, 0.1) is 35.5 Å². The monoisotopic (exact) mass is 2000 g/mol. The van der Waals surface area contributed by atoms with Crippen LogP contribution in [0.4, 0.5) is 0 Å². The van der Waals surface area contributed by atoms with Crippen LogP contribution in [0.15, 0.2) is 131 Å². The molecular weight excluding hydrogens is 1860 g/mol. The van der Waals surface area contributed by atoms with Gasteiger partial charge in [-0.05, 0) is 99.2 Å². The van der Waals surface area contributed by atoms with Crippen molar-refractivity contribution in [1.29, 1.82) is 0 Å². The first-order valence-electron chi connectivity index (χ1n) is 51.3. The van der Waals surface area contributed by atoms with E-state index in [0.29, 0.717) is 72.1 Å². The minimum absolute atomic E-state index is 0.0210. The molecule has 8 nitrogen and oxygen atoms in total. The third kappa shape index (κ3) is 21.8. The summed E-state index contributed by atoms with van der Waals surface area (Å²) in [6, 6.07) is 42.1. The Morgan fingerprint density at radius 1 is 0.237 bits per heavy atom. The van der Waals surface area contributed by atoms with Crippen LogP contribution in [0.2, 0.25) is 10.5 Å². The number of rotatable bonds is 56. The summed E-state index contributed by atoms with van der Waals surface area (Å²) >= 11 is 15.3. The predicted molar refractivity (Wildman–Crippen MR) is 581 cm³/mol. The van der Waals surface area contributed by atoms with Gasteiger partial charge in [-0.1, -0.05) is 145 Å². The number of hydrogen-bond acceptors (Lipinski definition) is 14. The average Bonchev–Trinajstić information content (AvgIpc) is 1.55. The molecule has 0 saturated heterocycles. The second-order valence-corrected chi connectivity index (χ2v) is 57.8. The Hall–Kier alpha value is -5.62. The molecule has 15 rings (SSSR count). The van der Waals surface area contributed by atoms with Gasteiger partial charge >= 0.3 is 498 Å². The number of fused-ring (bicyclic) bond motifs is 5. The molecule has 0 bridgehead atoms. The molecule has 5 aliphatic rings. The summed E-state index contributed by atoms with van der Waals surface area (Å²) in [4.78, 5) is 98.7. The molecular formula is C112H146GeN4O4S10. The third-order valence-corrected chi connectivity index (χ3v) is 53.8. The van der Waals surface area contributed by atoms with E-state index >= 15 is 19.2 Å². The van der Waals surface area contributed by atoms with Crippen molar-refractivity contribution >= 4 is 182 Å². The van der Waals surface area contributed by atoms with Crippen molar-refractivity contribution < 1.29 is 19.2 Å². The number of carbonyl (C=O) groups is 4. The molecule has 0 aliphatic carbocycles. The van der Waals surface area contributed by atoms with E-state index in [9.17, 15) is 0 Å². The van der Waals surface area contributed by atoms with E-state index in [4.69, 9.17) is 0 Å². The van der Waals surface area contributed by atoms with Crippen molar-refractivity contribution in [1.82, 2.24) is 19.6 Å². The maximum atomic E-state index is 16.4. The van der Waals surface area contributed by atoms with E-state index in [-0.39, 0.29) is 35.5 Å². The molecule has 131 heavy (non-hydrogen) atoms. The summed E-state index contributed by atoms with van der Waals surface area (Å²) in [5.74, 6) is 2.29. The zero-order chi connectivity index (χ0) is 92.0. The molecule has 10 aromatic heterocycles. The molecule has 6 unspecified atom stereocenters. The van der Waals surface area contributed by atoms with Gasteiger partial charge in [0.25, 0.3) is 0 Å². The predicted octanol–water partition coefficient (Wildman–Crippen LogP) is 35.0. The van der Waals surface area contributed by atoms with Crippen molar-refractivity contribution in [3.05, 3.63) is 161 Å². The number of nitrogens with zero attached hydrogens (tertiary/aromatic N) is 4. The normalized spacial score (nSPS) is 17.1. The number of thiophene rings is 10. The molecule has 4 amide bonds. The Kier molecular flexibility index (Phi) is 35.9. The maximum absolute atomic E-state index is 16.4. The smallest absolute Gasteiger partial charge is 0.139 e. The third-order valence-electron chi connectivity index (χ3n) is 29.3. The van der Waals surface area contributed by atoms with Gasteiger partial charge in [-0.25, -0.2) is 0 Å². The molecule has 15 heterocycles. The molecule has 0 aromatic carbocycles. The van der Waals surface area contributed by atoms with E-state index in [1.54, 1.807) is 54.1 Å². The quantitative estimate of drug-likeness (QED) is 0.0281. The summed E-state index contributed by atoms with van der Waals surface area (Å²) in [5.41, 5.74) is 5.67. The molecule has 10 aromatic rings. The van der Waals surface area contributed by atoms with Gasteiger partial charge in [-0.3, -0.25) is 0 Å². The fraction of sp³-hybridized carbons (Fsp3) is 0.536. The van der Waals surface area contributed by atoms with E-state index < -0.39 is 13.3 Å². The summed E-state index contributed by atoms with van der Waals surface area (Å²) < 4.78 is 3.36. The SMILES string of the molecule is CCCCCCc1ccc(-c2ccc(-c3ccc(C4=C5C(=O)N(CC(CC)CCCC)C(c6ccc(-c7c[c]8c(s7)-c7sc(-c9ccc(C%10=C%11C(=O)N(CC(CC)CCCC)C(c%12ccc(-c%13ccc(-c%14ccc(CCCCCC)s%14)s%13)s%12)=C%11C(=O)N%10CC(CC)CCCC)s9)c[c]7[Ge]8([CH2]C(CC)CCCC)[CH2]C(CC)CCCC)s6)=C5C(=O)N4CC(CC)CCCC)s3)s2)s1. The zero-order valence-electron chi connectivity index (χ0n) is 81.1. The van der Waals surface area contributed by atoms with Gasteiger partial charge in [0.1, 0.15) is 0 Å². The number of amides is 4. The van der Waals surface area contributed by atoms with Gasteiger partial charge in [0.15, 0.2) is 0 Å². The topological polar surface area (TPSA) is 81.2 Å². The molecule has 0 spiro atoms. The van der Waals surface area contributed by atoms with Crippen LogP contribution in [0.1, 0.15) is 332 Å². The van der Waals surface area contributed by atoms with Crippen LogP contribution in [0.3, 0.4) is 0 Å². The van der Waals surface area contributed by atoms with Gasteiger partial charge in [-0.2, -0.15) is 0 Å². The van der Waals surface area contributed by atoms with Crippen LogP contribution in [-0.4, -0.2) is 82.7 Å². The molecule has 6 atom stereocenters. The van der Waals surface area contributed by atoms with E-state index in [1.807, 2.05) is 68.0 Å². The van der Waals surface area contributed by atoms with Crippen LogP contribution in [0.5, 0.6) is 0 Å². The Morgan fingerprint density at radius 2 is 0.458 bits per heavy atom. The first-order chi connectivity index (χ1) is 64.0. The number of unbranched alkanes of at least 4 members (excludes halogenated alkanes) is 12. The fourth-order valence-corrected chi connectivity index (χ4v) is 49.0. The Bertz CT molecular complexity index is 5320. The summed E-state index contributed by atoms with van der Waals surface area (Å²) in [7, 11) is 0. The zero-order valence-corrected chi connectivity index (χ0v) is 91.4. The molecule has 0 radical (unpaired) electrons. The standard InChI is InChI=1S/C112H146GeN4O4S10/c1-15-29-37-39-47-79-49-51-83(122-79)85-53-55-87(124-85)89-57-61-93(126-89)103-99-101(111(120)114(103)69-75(25-11)43-33-19-5)105(116(109(99)118)71-77(27-13)45-35-21-7)95-63-59-91(128-95)97-65-81-107(130-97)108-82(113(81,67-73(23-9)41-31-17-3)68-74(24-10)42-32-18-4)66-98(131-108)92-60-64-96(129-92)106-102-100(110(119)117(106)72-78(28-14)46-36-22-8)104(115(112(102)121)70-76(26-12)44-34-20-6)94-62-58-90(127-94)88-56-54-86(125-88)84-52-50-80(123-84)48-40-38-30-16-2/h49-66,73-78H,15-48,67-72H2,1-14H3. The molecule has 0 N–H and O–H groups in total. The molecule has 702 valence electrons. The summed E-state index contributed by atoms with van der Waals surface area (Å²) in [5, 5.41) is 2.55. The summed E-state index contributed by atoms with van der Waals surface area (Å²) in [6.45, 7) is 34.8. The van der Waals surface area contributed by atoms with Crippen molar-refractivity contribution in [2.75, 3.05) is 26.2 Å². The van der Waals surface area contributed by atoms with Crippen molar-refractivity contribution in [3.63, 3.8) is 0 Å². The Balaban J connectivity index is 0.837. The second-order valence-electron chi connectivity index (χ2n) is 38.4. The van der Waals surface area contributed by atoms with Gasteiger partial charge in [0.2, 0.25) is 0 Å². The van der Waals surface area contributed by atoms with E-state index in [2.05, 4.69) is 226 Å². The first-order valence-corrected chi connectivity index (χ1v) is 64.5. The van der Waals surface area contributed by atoms with E-state index in [0.717, 1.165) is 158 Å². The molecule has 5 aliphatic heterocycles. The molecule has 0 saturated carbocycles. The average molecular weight is 2010 g/mol. The van der Waals surface area contributed by atoms with Crippen LogP contribution < -0.4 is 8.79 Å². The van der Waals surface area contributed by atoms with Crippen LogP contribution in [-0.2, 0) is 32.0 Å². The van der Waals surface area contributed by atoms with Crippen molar-refractivity contribution in [2.24, 2.45) is 35.5 Å². The van der Waals surface area contributed by atoms with Gasteiger partial charge in [-0.15, -0.1) is 45.3 Å². The first kappa shape index (κ1) is 99.8.